The Morgan fingerprint density at radius 1 is 1.52 bits per heavy atom. The smallest absolute Gasteiger partial charge is 0.338 e. The Balaban J connectivity index is 1.97. The molecule has 7 nitrogen and oxygen atoms in total. The highest BCUT2D eigenvalue weighted by molar-refractivity contribution is 7.91. The standard InChI is InChI=1S/C14H20N2O5S2/c1-21-8-9-3-5-16(7-9)23(19,20)14-12(13(17)18)10-2-4-15-6-11(10)22-14/h9,15H,2-8H2,1H3,(H,17,18)/t9-/m1/s1. The molecule has 0 unspecified atom stereocenters. The van der Waals surface area contributed by atoms with E-state index in [1.807, 2.05) is 0 Å². The maximum atomic E-state index is 12.9. The fraction of sp³-hybridized carbons (Fsp3) is 0.643. The Bertz CT molecular complexity index is 713. The molecular weight excluding hydrogens is 340 g/mol. The monoisotopic (exact) mass is 360 g/mol. The van der Waals surface area contributed by atoms with Crippen molar-refractivity contribution in [1.82, 2.24) is 9.62 Å². The number of methoxy groups -OCH3 is 1. The fourth-order valence-corrected chi connectivity index (χ4v) is 6.75. The summed E-state index contributed by atoms with van der Waals surface area (Å²) in [6.45, 7) is 2.51. The van der Waals surface area contributed by atoms with Gasteiger partial charge in [0, 0.05) is 31.6 Å². The first-order valence-electron chi connectivity index (χ1n) is 7.52. The molecule has 128 valence electrons. The molecule has 1 aromatic heterocycles. The normalized spacial score (nSPS) is 22.2. The summed E-state index contributed by atoms with van der Waals surface area (Å²) in [6.07, 6.45) is 1.29. The minimum absolute atomic E-state index is 0.0169. The molecule has 1 fully saturated rings. The predicted octanol–water partition coefficient (Wildman–Crippen LogP) is 0.749. The van der Waals surface area contributed by atoms with Crippen LogP contribution in [0.2, 0.25) is 0 Å². The van der Waals surface area contributed by atoms with E-state index in [0.29, 0.717) is 44.8 Å². The van der Waals surface area contributed by atoms with Gasteiger partial charge in [-0.1, -0.05) is 0 Å². The number of aromatic carboxylic acids is 1. The lowest BCUT2D eigenvalue weighted by Gasteiger charge is -2.16. The third-order valence-corrected chi connectivity index (χ3v) is 7.93. The number of fused-ring (bicyclic) bond motifs is 1. The lowest BCUT2D eigenvalue weighted by atomic mass is 10.1. The quantitative estimate of drug-likeness (QED) is 0.804. The molecule has 2 aliphatic heterocycles. The van der Waals surface area contributed by atoms with Gasteiger partial charge in [-0.05, 0) is 30.9 Å². The first kappa shape index (κ1) is 16.8. The molecule has 2 N–H and O–H groups in total. The molecule has 1 aromatic rings. The SMILES string of the molecule is COC[C@@H]1CCN(S(=O)(=O)c2sc3c(c2C(=O)O)CCNC3)C1. The number of carboxylic acid groups (broad SMARTS) is 1. The van der Waals surface area contributed by atoms with Crippen molar-refractivity contribution >= 4 is 27.3 Å². The second-order valence-electron chi connectivity index (χ2n) is 5.87. The van der Waals surface area contributed by atoms with Crippen LogP contribution in [-0.4, -0.2) is 57.1 Å². The van der Waals surface area contributed by atoms with E-state index in [1.54, 1.807) is 7.11 Å². The molecule has 0 aliphatic carbocycles. The van der Waals surface area contributed by atoms with Crippen molar-refractivity contribution in [3.05, 3.63) is 16.0 Å². The van der Waals surface area contributed by atoms with Crippen LogP contribution in [0, 0.1) is 5.92 Å². The summed E-state index contributed by atoms with van der Waals surface area (Å²) in [6, 6.07) is 0. The van der Waals surface area contributed by atoms with Crippen LogP contribution >= 0.6 is 11.3 Å². The van der Waals surface area contributed by atoms with Crippen molar-refractivity contribution in [3.63, 3.8) is 0 Å². The van der Waals surface area contributed by atoms with Gasteiger partial charge in [0.2, 0.25) is 0 Å². The summed E-state index contributed by atoms with van der Waals surface area (Å²) in [5.41, 5.74) is 0.647. The van der Waals surface area contributed by atoms with Gasteiger partial charge in [0.05, 0.1) is 12.2 Å². The zero-order valence-corrected chi connectivity index (χ0v) is 14.5. The number of rotatable bonds is 5. The largest absolute Gasteiger partial charge is 0.478 e. The van der Waals surface area contributed by atoms with Gasteiger partial charge in [-0.25, -0.2) is 13.2 Å². The lowest BCUT2D eigenvalue weighted by molar-refractivity contribution is 0.0692. The van der Waals surface area contributed by atoms with Gasteiger partial charge in [0.1, 0.15) is 4.21 Å². The molecule has 0 bridgehead atoms. The van der Waals surface area contributed by atoms with E-state index in [0.717, 1.165) is 22.6 Å². The van der Waals surface area contributed by atoms with Crippen molar-refractivity contribution in [3.8, 4) is 0 Å². The second kappa shape index (κ2) is 6.48. The van der Waals surface area contributed by atoms with Crippen LogP contribution in [0.5, 0.6) is 0 Å². The predicted molar refractivity (Wildman–Crippen MR) is 85.4 cm³/mol. The third-order valence-electron chi connectivity index (χ3n) is 4.33. The highest BCUT2D eigenvalue weighted by Crippen LogP contribution is 2.37. The topological polar surface area (TPSA) is 95.9 Å². The lowest BCUT2D eigenvalue weighted by Crippen LogP contribution is -2.30. The number of carboxylic acids is 1. The molecule has 23 heavy (non-hydrogen) atoms. The summed E-state index contributed by atoms with van der Waals surface area (Å²) in [5, 5.41) is 12.7. The molecule has 1 saturated heterocycles. The highest BCUT2D eigenvalue weighted by Gasteiger charge is 2.38. The van der Waals surface area contributed by atoms with E-state index >= 15 is 0 Å². The molecule has 3 heterocycles. The Kier molecular flexibility index (Phi) is 4.75. The Labute approximate surface area is 139 Å². The van der Waals surface area contributed by atoms with Crippen LogP contribution in [0.4, 0.5) is 0 Å². The number of carbonyl (C=O) groups is 1. The Morgan fingerprint density at radius 3 is 3.00 bits per heavy atom. The van der Waals surface area contributed by atoms with E-state index in [-0.39, 0.29) is 15.7 Å². The highest BCUT2D eigenvalue weighted by atomic mass is 32.2. The number of sulfonamides is 1. The van der Waals surface area contributed by atoms with Crippen LogP contribution in [-0.2, 0) is 27.7 Å². The molecule has 3 rings (SSSR count). The van der Waals surface area contributed by atoms with Gasteiger partial charge >= 0.3 is 5.97 Å². The van der Waals surface area contributed by atoms with Crippen LogP contribution in [0.15, 0.2) is 4.21 Å². The number of nitrogens with one attached hydrogen (secondary N) is 1. The molecule has 0 radical (unpaired) electrons. The molecule has 0 saturated carbocycles. The van der Waals surface area contributed by atoms with E-state index < -0.39 is 16.0 Å². The molecule has 9 heteroatoms. The molecule has 0 aromatic carbocycles. The van der Waals surface area contributed by atoms with Crippen molar-refractivity contribution in [2.24, 2.45) is 5.92 Å². The number of ether oxygens (including phenoxy) is 1. The number of hydrogen-bond donors (Lipinski definition) is 2. The number of hydrogen-bond acceptors (Lipinski definition) is 6. The van der Waals surface area contributed by atoms with E-state index in [1.165, 1.54) is 4.31 Å². The van der Waals surface area contributed by atoms with Gasteiger partial charge in [-0.15, -0.1) is 11.3 Å². The minimum Gasteiger partial charge on any atom is -0.478 e. The molecule has 1 atom stereocenters. The number of nitrogens with zero attached hydrogens (tertiary/aromatic N) is 1. The van der Waals surface area contributed by atoms with Gasteiger partial charge in [0.15, 0.2) is 0 Å². The molecule has 2 aliphatic rings. The Morgan fingerprint density at radius 2 is 2.30 bits per heavy atom. The van der Waals surface area contributed by atoms with Gasteiger partial charge in [0.25, 0.3) is 10.0 Å². The average Bonchev–Trinajstić information content (AvgIpc) is 3.12. The molecular formula is C14H20N2O5S2. The van der Waals surface area contributed by atoms with Gasteiger partial charge in [-0.2, -0.15) is 4.31 Å². The second-order valence-corrected chi connectivity index (χ2v) is 9.11. The van der Waals surface area contributed by atoms with E-state index in [4.69, 9.17) is 4.74 Å². The summed E-state index contributed by atoms with van der Waals surface area (Å²) in [5.74, 6) is -0.991. The summed E-state index contributed by atoms with van der Waals surface area (Å²) >= 11 is 1.09. The zero-order valence-electron chi connectivity index (χ0n) is 12.9. The van der Waals surface area contributed by atoms with Crippen LogP contribution in [0.25, 0.3) is 0 Å². The Hall–Kier alpha value is -1.00. The van der Waals surface area contributed by atoms with Crippen molar-refractivity contribution in [2.45, 2.75) is 23.6 Å². The van der Waals surface area contributed by atoms with E-state index in [2.05, 4.69) is 5.32 Å². The van der Waals surface area contributed by atoms with Crippen LogP contribution < -0.4 is 5.32 Å². The maximum Gasteiger partial charge on any atom is 0.338 e. The summed E-state index contributed by atoms with van der Waals surface area (Å²) in [7, 11) is -2.17. The number of thiophene rings is 1. The van der Waals surface area contributed by atoms with Crippen molar-refractivity contribution < 1.29 is 23.1 Å². The average molecular weight is 360 g/mol. The third kappa shape index (κ3) is 3.03. The van der Waals surface area contributed by atoms with Gasteiger partial charge in [-0.3, -0.25) is 0 Å². The van der Waals surface area contributed by atoms with E-state index in [9.17, 15) is 18.3 Å². The molecule has 0 amide bonds. The fourth-order valence-electron chi connectivity index (χ4n) is 3.21. The minimum atomic E-state index is -3.77. The first-order valence-corrected chi connectivity index (χ1v) is 9.78. The van der Waals surface area contributed by atoms with Gasteiger partial charge < -0.3 is 15.2 Å². The maximum absolute atomic E-state index is 12.9. The first-order chi connectivity index (χ1) is 10.9. The summed E-state index contributed by atoms with van der Waals surface area (Å²) in [4.78, 5) is 12.5. The molecule has 0 spiro atoms. The van der Waals surface area contributed by atoms with Crippen molar-refractivity contribution in [1.29, 1.82) is 0 Å². The van der Waals surface area contributed by atoms with Crippen LogP contribution in [0.3, 0.4) is 0 Å². The summed E-state index contributed by atoms with van der Waals surface area (Å²) < 4.78 is 32.4. The zero-order chi connectivity index (χ0) is 16.6. The van der Waals surface area contributed by atoms with Crippen LogP contribution in [0.1, 0.15) is 27.2 Å². The van der Waals surface area contributed by atoms with Crippen molar-refractivity contribution in [2.75, 3.05) is 33.4 Å².